The van der Waals surface area contributed by atoms with Crippen molar-refractivity contribution in [1.29, 1.82) is 0 Å². The average Bonchev–Trinajstić information content (AvgIpc) is 3.35. The van der Waals surface area contributed by atoms with Gasteiger partial charge in [0.1, 0.15) is 5.01 Å². The number of thiazole rings is 1. The number of nitrogens with one attached hydrogen (secondary N) is 1. The van der Waals surface area contributed by atoms with E-state index in [2.05, 4.69) is 9.71 Å². The maximum atomic E-state index is 12.8. The lowest BCUT2D eigenvalue weighted by molar-refractivity contribution is -0.116. The van der Waals surface area contributed by atoms with Crippen molar-refractivity contribution in [3.8, 4) is 9.88 Å². The van der Waals surface area contributed by atoms with Crippen LogP contribution in [0.5, 0.6) is 0 Å². The van der Waals surface area contributed by atoms with E-state index in [9.17, 15) is 13.2 Å². The first-order chi connectivity index (χ1) is 13.8. The van der Waals surface area contributed by atoms with E-state index in [1.165, 1.54) is 18.3 Å². The van der Waals surface area contributed by atoms with Crippen LogP contribution in [-0.4, -0.2) is 25.9 Å². The summed E-state index contributed by atoms with van der Waals surface area (Å²) in [7, 11) is -3.66. The summed E-state index contributed by atoms with van der Waals surface area (Å²) >= 11 is 3.12. The number of sulfonamides is 1. The molecule has 0 fully saturated rings. The normalized spacial score (nSPS) is 14.1. The predicted octanol–water partition coefficient (Wildman–Crippen LogP) is 3.96. The number of hydrogen-bond donors (Lipinski definition) is 1. The lowest BCUT2D eigenvalue weighted by Crippen LogP contribution is -2.33. The molecule has 0 aliphatic carbocycles. The van der Waals surface area contributed by atoms with E-state index < -0.39 is 10.0 Å². The summed E-state index contributed by atoms with van der Waals surface area (Å²) < 4.78 is 28.4. The summed E-state index contributed by atoms with van der Waals surface area (Å²) in [5, 5.41) is 2.91. The highest BCUT2D eigenvalue weighted by Gasteiger charge is 2.23. The standard InChI is InChI=1S/C20H21N3O3S3/c1-13-19(28-20(22-13)18-6-4-10-27-18)12-21-29(25,26)16-7-8-17-15(11-16)5-3-9-23(17)14(2)24/h4,6-8,10-11,21H,3,5,9,12H2,1-2H3. The molecule has 9 heteroatoms. The molecule has 152 valence electrons. The number of anilines is 1. The van der Waals surface area contributed by atoms with Crippen LogP contribution in [0.15, 0.2) is 40.6 Å². The zero-order valence-electron chi connectivity index (χ0n) is 16.1. The second-order valence-corrected chi connectivity index (χ2v) is 10.7. The Morgan fingerprint density at radius 3 is 2.86 bits per heavy atom. The summed E-state index contributed by atoms with van der Waals surface area (Å²) in [6.07, 6.45) is 1.59. The molecular weight excluding hydrogens is 426 g/mol. The maximum Gasteiger partial charge on any atom is 0.240 e. The number of aromatic nitrogens is 1. The quantitative estimate of drug-likeness (QED) is 0.642. The Morgan fingerprint density at radius 2 is 2.14 bits per heavy atom. The SMILES string of the molecule is CC(=O)N1CCCc2cc(S(=O)(=O)NCc3sc(-c4cccs4)nc3C)ccc21. The molecule has 0 saturated carbocycles. The van der Waals surface area contributed by atoms with Crippen molar-refractivity contribution in [3.63, 3.8) is 0 Å². The summed E-state index contributed by atoms with van der Waals surface area (Å²) in [5.74, 6) is -0.0260. The van der Waals surface area contributed by atoms with Gasteiger partial charge in [0.15, 0.2) is 0 Å². The zero-order valence-corrected chi connectivity index (χ0v) is 18.6. The van der Waals surface area contributed by atoms with Gasteiger partial charge in [-0.25, -0.2) is 18.1 Å². The van der Waals surface area contributed by atoms with E-state index in [4.69, 9.17) is 0 Å². The van der Waals surface area contributed by atoms with Gasteiger partial charge in [0.2, 0.25) is 15.9 Å². The van der Waals surface area contributed by atoms with Crippen LogP contribution in [0.25, 0.3) is 9.88 Å². The number of hydrogen-bond acceptors (Lipinski definition) is 6. The molecular formula is C20H21N3O3S3. The van der Waals surface area contributed by atoms with Crippen molar-refractivity contribution < 1.29 is 13.2 Å². The number of amides is 1. The predicted molar refractivity (Wildman–Crippen MR) is 117 cm³/mol. The van der Waals surface area contributed by atoms with Crippen LogP contribution in [0.4, 0.5) is 5.69 Å². The first-order valence-corrected chi connectivity index (χ1v) is 12.4. The minimum absolute atomic E-state index is 0.0260. The Labute approximate surface area is 178 Å². The van der Waals surface area contributed by atoms with Crippen molar-refractivity contribution in [2.45, 2.75) is 38.1 Å². The monoisotopic (exact) mass is 447 g/mol. The van der Waals surface area contributed by atoms with E-state index in [1.807, 2.05) is 24.4 Å². The van der Waals surface area contributed by atoms with E-state index in [1.54, 1.807) is 34.4 Å². The van der Waals surface area contributed by atoms with Gasteiger partial charge in [0.25, 0.3) is 0 Å². The number of rotatable bonds is 5. The minimum atomic E-state index is -3.66. The van der Waals surface area contributed by atoms with Crippen molar-refractivity contribution in [1.82, 2.24) is 9.71 Å². The fourth-order valence-corrected chi connectivity index (χ4v) is 6.35. The van der Waals surface area contributed by atoms with E-state index >= 15 is 0 Å². The number of carbonyl (C=O) groups excluding carboxylic acids is 1. The third-order valence-corrected chi connectivity index (χ3v) is 8.50. The van der Waals surface area contributed by atoms with Crippen LogP contribution in [0.3, 0.4) is 0 Å². The molecule has 29 heavy (non-hydrogen) atoms. The van der Waals surface area contributed by atoms with Crippen LogP contribution in [0.1, 0.15) is 29.5 Å². The summed E-state index contributed by atoms with van der Waals surface area (Å²) in [4.78, 5) is 20.3. The average molecular weight is 448 g/mol. The molecule has 1 N–H and O–H groups in total. The fraction of sp³-hybridized carbons (Fsp3) is 0.300. The summed E-state index contributed by atoms with van der Waals surface area (Å²) in [6, 6.07) is 8.97. The first-order valence-electron chi connectivity index (χ1n) is 9.26. The molecule has 0 radical (unpaired) electrons. The number of thiophene rings is 1. The number of nitrogens with zero attached hydrogens (tertiary/aromatic N) is 2. The maximum absolute atomic E-state index is 12.8. The number of carbonyl (C=O) groups is 1. The van der Waals surface area contributed by atoms with Gasteiger partial charge in [-0.15, -0.1) is 22.7 Å². The summed E-state index contributed by atoms with van der Waals surface area (Å²) in [5.41, 5.74) is 2.54. The van der Waals surface area contributed by atoms with Crippen LogP contribution in [0, 0.1) is 6.92 Å². The van der Waals surface area contributed by atoms with Crippen molar-refractivity contribution in [2.24, 2.45) is 0 Å². The highest BCUT2D eigenvalue weighted by molar-refractivity contribution is 7.89. The smallest absolute Gasteiger partial charge is 0.240 e. The van der Waals surface area contributed by atoms with E-state index in [0.29, 0.717) is 6.54 Å². The molecule has 0 saturated heterocycles. The molecule has 1 aromatic carbocycles. The van der Waals surface area contributed by atoms with Gasteiger partial charge >= 0.3 is 0 Å². The van der Waals surface area contributed by atoms with Gasteiger partial charge < -0.3 is 4.90 Å². The molecule has 4 rings (SSSR count). The molecule has 0 unspecified atom stereocenters. The van der Waals surface area contributed by atoms with Gasteiger partial charge in [0.05, 0.1) is 15.5 Å². The third-order valence-electron chi connectivity index (χ3n) is 4.91. The lowest BCUT2D eigenvalue weighted by Gasteiger charge is -2.28. The highest BCUT2D eigenvalue weighted by atomic mass is 32.2. The summed E-state index contributed by atoms with van der Waals surface area (Å²) in [6.45, 7) is 4.30. The Bertz CT molecular complexity index is 1150. The molecule has 2 aromatic heterocycles. The molecule has 0 spiro atoms. The van der Waals surface area contributed by atoms with E-state index in [0.717, 1.165) is 44.5 Å². The molecule has 1 aliphatic rings. The fourth-order valence-electron chi connectivity index (χ4n) is 3.41. The van der Waals surface area contributed by atoms with Crippen LogP contribution in [0.2, 0.25) is 0 Å². The van der Waals surface area contributed by atoms with Gasteiger partial charge in [-0.1, -0.05) is 6.07 Å². The Morgan fingerprint density at radius 1 is 1.31 bits per heavy atom. The largest absolute Gasteiger partial charge is 0.312 e. The number of aryl methyl sites for hydroxylation is 2. The highest BCUT2D eigenvalue weighted by Crippen LogP contribution is 2.32. The second kappa shape index (κ2) is 7.98. The Kier molecular flexibility index (Phi) is 5.56. The second-order valence-electron chi connectivity index (χ2n) is 6.89. The molecule has 6 nitrogen and oxygen atoms in total. The minimum Gasteiger partial charge on any atom is -0.312 e. The van der Waals surface area contributed by atoms with Crippen molar-refractivity contribution in [2.75, 3.05) is 11.4 Å². The number of benzene rings is 1. The van der Waals surface area contributed by atoms with Gasteiger partial charge in [0, 0.05) is 30.6 Å². The van der Waals surface area contributed by atoms with Crippen LogP contribution >= 0.6 is 22.7 Å². The Balaban J connectivity index is 1.53. The molecule has 1 amide bonds. The van der Waals surface area contributed by atoms with Crippen molar-refractivity contribution >= 4 is 44.3 Å². The number of fused-ring (bicyclic) bond motifs is 1. The first kappa shape index (κ1) is 20.2. The van der Waals surface area contributed by atoms with E-state index in [-0.39, 0.29) is 17.3 Å². The molecule has 1 aliphatic heterocycles. The zero-order chi connectivity index (χ0) is 20.6. The van der Waals surface area contributed by atoms with Gasteiger partial charge in [-0.05, 0) is 55.0 Å². The van der Waals surface area contributed by atoms with Crippen LogP contribution in [-0.2, 0) is 27.8 Å². The topological polar surface area (TPSA) is 79.4 Å². The van der Waals surface area contributed by atoms with Crippen LogP contribution < -0.4 is 9.62 Å². The molecule has 3 heterocycles. The lowest BCUT2D eigenvalue weighted by atomic mass is 10.0. The molecule has 3 aromatic rings. The van der Waals surface area contributed by atoms with Crippen molar-refractivity contribution in [3.05, 3.63) is 51.8 Å². The molecule has 0 bridgehead atoms. The van der Waals surface area contributed by atoms with Gasteiger partial charge in [-0.2, -0.15) is 0 Å². The van der Waals surface area contributed by atoms with Gasteiger partial charge in [-0.3, -0.25) is 4.79 Å². The Hall–Kier alpha value is -2.07. The molecule has 0 atom stereocenters. The third kappa shape index (κ3) is 4.13.